The first-order chi connectivity index (χ1) is 12.6. The summed E-state index contributed by atoms with van der Waals surface area (Å²) in [6.07, 6.45) is 4.53. The summed E-state index contributed by atoms with van der Waals surface area (Å²) in [5, 5.41) is 4.65. The lowest BCUT2D eigenvalue weighted by molar-refractivity contribution is -0.136. The SMILES string of the molecule is CNCC[C@H]1C[C@H]2CN3CCc4c([nH]c5ccccc45)[C@](C(C)=O)(C2)[C@H]13. The monoisotopic (exact) mass is 351 g/mol. The van der Waals surface area contributed by atoms with Crippen LogP contribution in [0.5, 0.6) is 0 Å². The maximum absolute atomic E-state index is 13.3. The van der Waals surface area contributed by atoms with Crippen LogP contribution in [0.1, 0.15) is 37.4 Å². The molecule has 1 saturated carbocycles. The molecule has 4 heterocycles. The fourth-order valence-electron chi connectivity index (χ4n) is 6.52. The van der Waals surface area contributed by atoms with Crippen molar-refractivity contribution in [1.29, 1.82) is 0 Å². The molecule has 26 heavy (non-hydrogen) atoms. The Morgan fingerprint density at radius 1 is 1.38 bits per heavy atom. The van der Waals surface area contributed by atoms with Gasteiger partial charge in [0.25, 0.3) is 0 Å². The van der Waals surface area contributed by atoms with Gasteiger partial charge in [-0.15, -0.1) is 0 Å². The minimum Gasteiger partial charge on any atom is -0.357 e. The number of hydrogen-bond donors (Lipinski definition) is 2. The molecular formula is C22H29N3O. The number of piperidine rings is 2. The molecule has 1 aromatic carbocycles. The second-order valence-electron chi connectivity index (χ2n) is 8.70. The molecule has 3 fully saturated rings. The molecule has 1 unspecified atom stereocenters. The van der Waals surface area contributed by atoms with Crippen LogP contribution in [0.2, 0.25) is 0 Å². The van der Waals surface area contributed by atoms with Gasteiger partial charge in [0, 0.05) is 35.7 Å². The Labute approximate surface area is 155 Å². The van der Waals surface area contributed by atoms with Crippen LogP contribution in [0.4, 0.5) is 0 Å². The summed E-state index contributed by atoms with van der Waals surface area (Å²) in [4.78, 5) is 19.7. The zero-order chi connectivity index (χ0) is 17.9. The van der Waals surface area contributed by atoms with Crippen LogP contribution in [-0.4, -0.2) is 48.4 Å². The van der Waals surface area contributed by atoms with Crippen molar-refractivity contribution < 1.29 is 4.79 Å². The Morgan fingerprint density at radius 2 is 2.23 bits per heavy atom. The summed E-state index contributed by atoms with van der Waals surface area (Å²) >= 11 is 0. The van der Waals surface area contributed by atoms with Crippen molar-refractivity contribution in [1.82, 2.24) is 15.2 Å². The zero-order valence-electron chi connectivity index (χ0n) is 15.8. The van der Waals surface area contributed by atoms with Gasteiger partial charge in [-0.1, -0.05) is 18.2 Å². The maximum Gasteiger partial charge on any atom is 0.143 e. The van der Waals surface area contributed by atoms with Crippen molar-refractivity contribution in [2.75, 3.05) is 26.7 Å². The number of H-pyrrole nitrogens is 1. The van der Waals surface area contributed by atoms with Crippen molar-refractivity contribution in [2.45, 2.75) is 44.1 Å². The van der Waals surface area contributed by atoms with Crippen LogP contribution in [0.15, 0.2) is 24.3 Å². The van der Waals surface area contributed by atoms with Gasteiger partial charge in [0.2, 0.25) is 0 Å². The number of hydrogen-bond acceptors (Lipinski definition) is 3. The molecule has 1 aromatic heterocycles. The molecule has 0 radical (unpaired) electrons. The van der Waals surface area contributed by atoms with Crippen LogP contribution in [0.3, 0.4) is 0 Å². The number of nitrogens with zero attached hydrogens (tertiary/aromatic N) is 1. The third-order valence-electron chi connectivity index (χ3n) is 7.39. The summed E-state index contributed by atoms with van der Waals surface area (Å²) in [6, 6.07) is 8.95. The predicted octanol–water partition coefficient (Wildman–Crippen LogP) is 2.87. The molecule has 3 aliphatic heterocycles. The Hall–Kier alpha value is -1.65. The fourth-order valence-corrected chi connectivity index (χ4v) is 6.52. The highest BCUT2D eigenvalue weighted by molar-refractivity contribution is 5.94. The number of rotatable bonds is 4. The number of aromatic nitrogens is 1. The lowest BCUT2D eigenvalue weighted by Crippen LogP contribution is -2.67. The third kappa shape index (κ3) is 2.12. The van der Waals surface area contributed by atoms with Crippen molar-refractivity contribution >= 4 is 16.7 Å². The number of Topliss-reactive ketones (excluding diaryl/α,β-unsaturated/α-hetero) is 1. The lowest BCUT2D eigenvalue weighted by atomic mass is 9.55. The van der Waals surface area contributed by atoms with Gasteiger partial charge in [-0.3, -0.25) is 9.69 Å². The molecule has 4 nitrogen and oxygen atoms in total. The number of ketones is 1. The Morgan fingerprint density at radius 3 is 3.04 bits per heavy atom. The minimum absolute atomic E-state index is 0.343. The van der Waals surface area contributed by atoms with E-state index in [1.54, 1.807) is 0 Å². The molecule has 4 aliphatic rings. The van der Waals surface area contributed by atoms with E-state index in [-0.39, 0.29) is 5.41 Å². The topological polar surface area (TPSA) is 48.1 Å². The standard InChI is InChI=1S/C22H29N3O/c1-14(26)22-12-15-11-16(7-9-23-2)21(22)25(13-15)10-8-18-17-5-3-4-6-19(17)24-20(18)22/h3-6,15-16,21,23-24H,7-13H2,1-2H3/t15-,16+,21+,22-/m1/s1. The molecule has 0 spiro atoms. The number of carbonyl (C=O) groups excluding carboxylic acids is 1. The lowest BCUT2D eigenvalue weighted by Gasteiger charge is -2.58. The van der Waals surface area contributed by atoms with E-state index in [0.717, 1.165) is 25.9 Å². The summed E-state index contributed by atoms with van der Waals surface area (Å²) in [5.74, 6) is 1.61. The summed E-state index contributed by atoms with van der Waals surface area (Å²) < 4.78 is 0. The van der Waals surface area contributed by atoms with Crippen molar-refractivity contribution in [3.8, 4) is 0 Å². The fraction of sp³-hybridized carbons (Fsp3) is 0.591. The second-order valence-corrected chi connectivity index (χ2v) is 8.70. The van der Waals surface area contributed by atoms with Crippen molar-refractivity contribution in [2.24, 2.45) is 11.8 Å². The largest absolute Gasteiger partial charge is 0.357 e. The number of carbonyl (C=O) groups is 1. The highest BCUT2D eigenvalue weighted by Crippen LogP contribution is 2.55. The Kier molecular flexibility index (Phi) is 3.77. The molecule has 2 aromatic rings. The van der Waals surface area contributed by atoms with Gasteiger partial charge < -0.3 is 10.3 Å². The van der Waals surface area contributed by atoms with Crippen molar-refractivity contribution in [3.63, 3.8) is 0 Å². The maximum atomic E-state index is 13.3. The quantitative estimate of drug-likeness (QED) is 0.890. The van der Waals surface area contributed by atoms with E-state index < -0.39 is 0 Å². The second kappa shape index (κ2) is 5.93. The summed E-state index contributed by atoms with van der Waals surface area (Å²) in [5.41, 5.74) is 3.50. The van der Waals surface area contributed by atoms with Gasteiger partial charge in [-0.25, -0.2) is 0 Å². The van der Waals surface area contributed by atoms with Gasteiger partial charge in [0.15, 0.2) is 0 Å². The molecule has 138 valence electrons. The van der Waals surface area contributed by atoms with E-state index in [4.69, 9.17) is 0 Å². The smallest absolute Gasteiger partial charge is 0.143 e. The van der Waals surface area contributed by atoms with Crippen LogP contribution >= 0.6 is 0 Å². The van der Waals surface area contributed by atoms with E-state index in [1.165, 1.54) is 41.5 Å². The molecule has 0 amide bonds. The number of aromatic amines is 1. The molecule has 4 bridgehead atoms. The average Bonchev–Trinajstić information content (AvgIpc) is 2.99. The van der Waals surface area contributed by atoms with E-state index >= 15 is 0 Å². The van der Waals surface area contributed by atoms with Crippen LogP contribution in [-0.2, 0) is 16.6 Å². The highest BCUT2D eigenvalue weighted by atomic mass is 16.1. The first-order valence-corrected chi connectivity index (χ1v) is 10.1. The molecule has 4 heteroatoms. The van der Waals surface area contributed by atoms with Gasteiger partial charge >= 0.3 is 0 Å². The molecule has 2 saturated heterocycles. The minimum atomic E-state index is -0.343. The normalized spacial score (nSPS) is 35.3. The predicted molar refractivity (Wildman–Crippen MR) is 104 cm³/mol. The first kappa shape index (κ1) is 16.5. The van der Waals surface area contributed by atoms with Gasteiger partial charge in [-0.05, 0) is 69.7 Å². The van der Waals surface area contributed by atoms with Gasteiger partial charge in [0.05, 0.1) is 5.41 Å². The Balaban J connectivity index is 1.72. The van der Waals surface area contributed by atoms with Crippen LogP contribution in [0.25, 0.3) is 10.9 Å². The summed E-state index contributed by atoms with van der Waals surface area (Å²) in [6.45, 7) is 5.14. The van der Waals surface area contributed by atoms with Crippen LogP contribution < -0.4 is 5.32 Å². The van der Waals surface area contributed by atoms with Gasteiger partial charge in [0.1, 0.15) is 5.78 Å². The first-order valence-electron chi connectivity index (χ1n) is 10.1. The number of nitrogens with one attached hydrogen (secondary N) is 2. The molecule has 1 aliphatic carbocycles. The molecular weight excluding hydrogens is 322 g/mol. The highest BCUT2D eigenvalue weighted by Gasteiger charge is 2.60. The van der Waals surface area contributed by atoms with E-state index in [9.17, 15) is 4.79 Å². The molecule has 6 rings (SSSR count). The number of fused-ring (bicyclic) bond motifs is 4. The third-order valence-corrected chi connectivity index (χ3v) is 7.39. The Bertz CT molecular complexity index is 856. The van der Waals surface area contributed by atoms with E-state index in [2.05, 4.69) is 39.5 Å². The van der Waals surface area contributed by atoms with E-state index in [1.807, 2.05) is 14.0 Å². The number of benzene rings is 1. The van der Waals surface area contributed by atoms with E-state index in [0.29, 0.717) is 23.7 Å². The van der Waals surface area contributed by atoms with Crippen LogP contribution in [0, 0.1) is 11.8 Å². The summed E-state index contributed by atoms with van der Waals surface area (Å²) in [7, 11) is 2.03. The van der Waals surface area contributed by atoms with Crippen molar-refractivity contribution in [3.05, 3.63) is 35.5 Å². The molecule has 2 N–H and O–H groups in total. The number of para-hydroxylation sites is 1. The van der Waals surface area contributed by atoms with Gasteiger partial charge in [-0.2, -0.15) is 0 Å². The molecule has 5 atom stereocenters. The average molecular weight is 351 g/mol. The zero-order valence-corrected chi connectivity index (χ0v) is 15.8.